The average Bonchev–Trinajstić information content (AvgIpc) is 3.26. The minimum atomic E-state index is -3.05. The summed E-state index contributed by atoms with van der Waals surface area (Å²) in [6.45, 7) is -1.13. The number of nitrogens with zero attached hydrogens (tertiary/aromatic N) is 5. The van der Waals surface area contributed by atoms with Crippen molar-refractivity contribution in [3.8, 4) is 17.0 Å². The second-order valence-electron chi connectivity index (χ2n) is 9.20. The van der Waals surface area contributed by atoms with E-state index >= 15 is 0 Å². The number of fused-ring (bicyclic) bond motifs is 1. The Balaban J connectivity index is 1.40. The number of carbonyl (C=O) groups excluding carboxylic acids is 1. The number of nitrogen functional groups attached to an aromatic ring is 1. The zero-order valence-electron chi connectivity index (χ0n) is 21.6. The third-order valence-corrected chi connectivity index (χ3v) is 6.62. The van der Waals surface area contributed by atoms with Crippen LogP contribution in [0.2, 0.25) is 0 Å². The molecular weight excluding hydrogens is 508 g/mol. The Hall–Kier alpha value is -4.45. The van der Waals surface area contributed by atoms with Crippen LogP contribution in [0.25, 0.3) is 22.2 Å². The Bertz CT molecular complexity index is 1490. The van der Waals surface area contributed by atoms with E-state index in [2.05, 4.69) is 15.3 Å². The summed E-state index contributed by atoms with van der Waals surface area (Å²) in [4.78, 5) is 24.4. The maximum atomic E-state index is 13.4. The molecule has 12 heteroatoms. The molecule has 204 valence electrons. The van der Waals surface area contributed by atoms with Gasteiger partial charge in [0.05, 0.1) is 29.4 Å². The number of carbonyl (C=O) groups is 1. The van der Waals surface area contributed by atoms with Crippen molar-refractivity contribution in [1.82, 2.24) is 19.4 Å². The number of hydrogen-bond donors (Lipinski definition) is 2. The Morgan fingerprint density at radius 1 is 1.26 bits per heavy atom. The van der Waals surface area contributed by atoms with Crippen molar-refractivity contribution in [2.45, 2.75) is 6.61 Å². The maximum absolute atomic E-state index is 13.4. The fraction of sp³-hybridized carbons (Fsp3) is 0.296. The van der Waals surface area contributed by atoms with E-state index in [1.807, 2.05) is 42.1 Å². The number of amides is 1. The molecule has 0 unspecified atom stereocenters. The van der Waals surface area contributed by atoms with Crippen LogP contribution in [0.15, 0.2) is 54.9 Å². The molecule has 3 heterocycles. The van der Waals surface area contributed by atoms with Gasteiger partial charge in [0, 0.05) is 68.7 Å². The lowest BCUT2D eigenvalue weighted by atomic mass is 10.1. The molecule has 0 saturated carbocycles. The molecule has 3 N–H and O–H groups in total. The normalized spacial score (nSPS) is 13.8. The molecule has 39 heavy (non-hydrogen) atoms. The Kier molecular flexibility index (Phi) is 7.46. The van der Waals surface area contributed by atoms with Gasteiger partial charge in [0.2, 0.25) is 11.9 Å². The van der Waals surface area contributed by atoms with E-state index in [0.29, 0.717) is 43.3 Å². The molecule has 0 bridgehead atoms. The van der Waals surface area contributed by atoms with Crippen LogP contribution >= 0.6 is 0 Å². The lowest BCUT2D eigenvalue weighted by Crippen LogP contribution is -2.45. The van der Waals surface area contributed by atoms with E-state index in [1.165, 1.54) is 12.1 Å². The van der Waals surface area contributed by atoms with E-state index < -0.39 is 6.61 Å². The highest BCUT2D eigenvalue weighted by atomic mass is 19.3. The SMILES string of the molecule is CN(CCN1CCOCC1=O)c1cc(OC(F)F)c(Nc2nccc(-c3cn(C)c4ccccc34)n2)cc1N. The predicted molar refractivity (Wildman–Crippen MR) is 145 cm³/mol. The van der Waals surface area contributed by atoms with Crippen LogP contribution in [-0.4, -0.2) is 71.8 Å². The number of rotatable bonds is 9. The zero-order valence-corrected chi connectivity index (χ0v) is 21.6. The number of halogens is 2. The summed E-state index contributed by atoms with van der Waals surface area (Å²) in [5.74, 6) is 0.00294. The Labute approximate surface area is 223 Å². The number of para-hydroxylation sites is 1. The first kappa shape index (κ1) is 26.2. The third kappa shape index (κ3) is 5.70. The molecule has 1 aliphatic rings. The van der Waals surface area contributed by atoms with Crippen molar-refractivity contribution in [1.29, 1.82) is 0 Å². The van der Waals surface area contributed by atoms with Crippen molar-refractivity contribution in [2.75, 3.05) is 55.8 Å². The number of aryl methyl sites for hydroxylation is 1. The third-order valence-electron chi connectivity index (χ3n) is 6.62. The summed E-state index contributed by atoms with van der Waals surface area (Å²) >= 11 is 0. The number of nitrogens with two attached hydrogens (primary N) is 1. The summed E-state index contributed by atoms with van der Waals surface area (Å²) in [6.07, 6.45) is 3.58. The predicted octanol–water partition coefficient (Wildman–Crippen LogP) is 3.86. The summed E-state index contributed by atoms with van der Waals surface area (Å²) in [5.41, 5.74) is 9.99. The van der Waals surface area contributed by atoms with Crippen molar-refractivity contribution < 1.29 is 23.0 Å². The van der Waals surface area contributed by atoms with Gasteiger partial charge in [-0.25, -0.2) is 9.97 Å². The van der Waals surface area contributed by atoms with Crippen molar-refractivity contribution in [2.24, 2.45) is 7.05 Å². The van der Waals surface area contributed by atoms with Gasteiger partial charge in [0.1, 0.15) is 6.61 Å². The van der Waals surface area contributed by atoms with Crippen molar-refractivity contribution >= 4 is 39.8 Å². The number of benzene rings is 2. The molecule has 0 aliphatic carbocycles. The van der Waals surface area contributed by atoms with E-state index in [1.54, 1.807) is 29.1 Å². The fourth-order valence-electron chi connectivity index (χ4n) is 4.62. The summed E-state index contributed by atoms with van der Waals surface area (Å²) < 4.78 is 38.7. The largest absolute Gasteiger partial charge is 0.433 e. The number of nitrogens with one attached hydrogen (secondary N) is 1. The molecule has 2 aromatic carbocycles. The van der Waals surface area contributed by atoms with Crippen molar-refractivity contribution in [3.63, 3.8) is 0 Å². The number of alkyl halides is 2. The highest BCUT2D eigenvalue weighted by molar-refractivity contribution is 5.95. The lowest BCUT2D eigenvalue weighted by Gasteiger charge is -2.30. The van der Waals surface area contributed by atoms with Crippen LogP contribution in [0.1, 0.15) is 0 Å². The highest BCUT2D eigenvalue weighted by Crippen LogP contribution is 2.37. The number of morpholine rings is 1. The average molecular weight is 538 g/mol. The number of anilines is 4. The summed E-state index contributed by atoms with van der Waals surface area (Å²) in [5, 5.41) is 4.02. The minimum absolute atomic E-state index is 0.0579. The monoisotopic (exact) mass is 537 g/mol. The van der Waals surface area contributed by atoms with Gasteiger partial charge in [-0.15, -0.1) is 0 Å². The molecule has 4 aromatic rings. The van der Waals surface area contributed by atoms with E-state index in [-0.39, 0.29) is 29.9 Å². The van der Waals surface area contributed by atoms with Crippen LogP contribution < -0.4 is 20.7 Å². The number of ether oxygens (including phenoxy) is 2. The first-order valence-corrected chi connectivity index (χ1v) is 12.4. The zero-order chi connectivity index (χ0) is 27.5. The standard InChI is InChI=1S/C27H29F2N7O3/c1-34(9-10-36-11-12-38-16-25(36)37)23-14-24(39-26(28)29)21(13-19(23)30)33-27-31-8-7-20(32-27)18-15-35(2)22-6-4-3-5-17(18)22/h3-8,13-15,26H,9-12,16,30H2,1-2H3,(H,31,32,33). The van der Waals surface area contributed by atoms with Gasteiger partial charge < -0.3 is 34.9 Å². The smallest absolute Gasteiger partial charge is 0.387 e. The van der Waals surface area contributed by atoms with Gasteiger partial charge in [-0.1, -0.05) is 18.2 Å². The molecule has 10 nitrogen and oxygen atoms in total. The maximum Gasteiger partial charge on any atom is 0.387 e. The molecule has 5 rings (SSSR count). The Morgan fingerprint density at radius 2 is 2.08 bits per heavy atom. The van der Waals surface area contributed by atoms with Crippen LogP contribution in [0.5, 0.6) is 5.75 Å². The lowest BCUT2D eigenvalue weighted by molar-refractivity contribution is -0.142. The van der Waals surface area contributed by atoms with Gasteiger partial charge in [-0.2, -0.15) is 8.78 Å². The highest BCUT2D eigenvalue weighted by Gasteiger charge is 2.21. The molecule has 0 atom stereocenters. The van der Waals surface area contributed by atoms with Crippen LogP contribution in [0, 0.1) is 0 Å². The number of hydrogen-bond acceptors (Lipinski definition) is 8. The van der Waals surface area contributed by atoms with Gasteiger partial charge in [-0.3, -0.25) is 4.79 Å². The van der Waals surface area contributed by atoms with Gasteiger partial charge in [0.15, 0.2) is 5.75 Å². The van der Waals surface area contributed by atoms with Gasteiger partial charge in [0.25, 0.3) is 0 Å². The van der Waals surface area contributed by atoms with Crippen LogP contribution in [0.3, 0.4) is 0 Å². The van der Waals surface area contributed by atoms with Gasteiger partial charge >= 0.3 is 6.61 Å². The second kappa shape index (κ2) is 11.1. The Morgan fingerprint density at radius 3 is 2.87 bits per heavy atom. The molecule has 1 fully saturated rings. The molecule has 1 aliphatic heterocycles. The molecular formula is C27H29F2N7O3. The summed E-state index contributed by atoms with van der Waals surface area (Å²) in [6, 6.07) is 12.7. The quantitative estimate of drug-likeness (QED) is 0.310. The second-order valence-corrected chi connectivity index (χ2v) is 9.20. The molecule has 1 saturated heterocycles. The topological polar surface area (TPSA) is 111 Å². The first-order valence-electron chi connectivity index (χ1n) is 12.4. The molecule has 0 radical (unpaired) electrons. The minimum Gasteiger partial charge on any atom is -0.433 e. The van der Waals surface area contributed by atoms with Crippen LogP contribution in [-0.2, 0) is 16.6 Å². The molecule has 1 amide bonds. The summed E-state index contributed by atoms with van der Waals surface area (Å²) in [7, 11) is 3.73. The molecule has 0 spiro atoms. The van der Waals surface area contributed by atoms with E-state index in [9.17, 15) is 13.6 Å². The van der Waals surface area contributed by atoms with Crippen molar-refractivity contribution in [3.05, 3.63) is 54.9 Å². The van der Waals surface area contributed by atoms with E-state index in [0.717, 1.165) is 16.5 Å². The van der Waals surface area contributed by atoms with Gasteiger partial charge in [-0.05, 0) is 18.2 Å². The first-order chi connectivity index (χ1) is 18.8. The molecule has 2 aromatic heterocycles. The van der Waals surface area contributed by atoms with Crippen LogP contribution in [0.4, 0.5) is 31.8 Å². The fourth-order valence-corrected chi connectivity index (χ4v) is 4.62. The number of likely N-dealkylation sites (N-methyl/N-ethyl adjacent to an activating group) is 1. The number of aromatic nitrogens is 3. The van der Waals surface area contributed by atoms with E-state index in [4.69, 9.17) is 15.2 Å².